The minimum atomic E-state index is -0.299. The first kappa shape index (κ1) is 21.8. The van der Waals surface area contributed by atoms with Gasteiger partial charge in [-0.15, -0.1) is 0 Å². The molecule has 2 aromatic carbocycles. The molecule has 0 spiro atoms. The fourth-order valence-corrected chi connectivity index (χ4v) is 2.81. The third kappa shape index (κ3) is 6.57. The molecule has 0 aliphatic carbocycles. The summed E-state index contributed by atoms with van der Waals surface area (Å²) < 4.78 is 0. The molecule has 0 aromatic heterocycles. The quantitative estimate of drug-likeness (QED) is 0.617. The number of carbonyl (C=O) groups is 2. The van der Waals surface area contributed by atoms with E-state index in [1.165, 1.54) is 0 Å². The Hall–Kier alpha value is -2.53. The van der Waals surface area contributed by atoms with Crippen LogP contribution >= 0.6 is 11.6 Å². The number of halogens is 1. The molecule has 0 heterocycles. The standard InChI is InChI=1S/C22H28ClN3O2/c1-5-22(3,4)26-21(28)18-10-9-17(12-19(18)23)24-14-20(27)25-13-16-8-6-7-15(2)11-16/h6-12,24H,5,13-14H2,1-4H3,(H,25,27)(H,26,28). The zero-order valence-electron chi connectivity index (χ0n) is 16.9. The van der Waals surface area contributed by atoms with Gasteiger partial charge in [-0.3, -0.25) is 9.59 Å². The van der Waals surface area contributed by atoms with E-state index < -0.39 is 0 Å². The van der Waals surface area contributed by atoms with Gasteiger partial charge < -0.3 is 16.0 Å². The van der Waals surface area contributed by atoms with Crippen molar-refractivity contribution >= 4 is 29.1 Å². The lowest BCUT2D eigenvalue weighted by molar-refractivity contribution is -0.119. The SMILES string of the molecule is CCC(C)(C)NC(=O)c1ccc(NCC(=O)NCc2cccc(C)c2)cc1Cl. The molecule has 6 heteroatoms. The van der Waals surface area contributed by atoms with Crippen molar-refractivity contribution in [3.05, 3.63) is 64.2 Å². The van der Waals surface area contributed by atoms with Gasteiger partial charge in [-0.2, -0.15) is 0 Å². The summed E-state index contributed by atoms with van der Waals surface area (Å²) >= 11 is 6.27. The van der Waals surface area contributed by atoms with Gasteiger partial charge in [0.15, 0.2) is 0 Å². The van der Waals surface area contributed by atoms with Crippen molar-refractivity contribution in [1.29, 1.82) is 0 Å². The molecule has 2 rings (SSSR count). The molecule has 28 heavy (non-hydrogen) atoms. The van der Waals surface area contributed by atoms with Gasteiger partial charge in [0.05, 0.1) is 17.1 Å². The molecule has 2 aromatic rings. The third-order valence-corrected chi connectivity index (χ3v) is 4.89. The van der Waals surface area contributed by atoms with Crippen molar-refractivity contribution in [1.82, 2.24) is 10.6 Å². The zero-order valence-corrected chi connectivity index (χ0v) is 17.6. The predicted molar refractivity (Wildman–Crippen MR) is 115 cm³/mol. The molecule has 0 radical (unpaired) electrons. The van der Waals surface area contributed by atoms with Gasteiger partial charge in [0, 0.05) is 17.8 Å². The van der Waals surface area contributed by atoms with Gasteiger partial charge in [0.1, 0.15) is 0 Å². The van der Waals surface area contributed by atoms with Crippen LogP contribution in [0, 0.1) is 6.92 Å². The molecule has 0 aliphatic rings. The normalized spacial score (nSPS) is 11.0. The highest BCUT2D eigenvalue weighted by Gasteiger charge is 2.20. The van der Waals surface area contributed by atoms with Crippen molar-refractivity contribution in [2.24, 2.45) is 0 Å². The van der Waals surface area contributed by atoms with Crippen LogP contribution in [-0.4, -0.2) is 23.9 Å². The fraction of sp³-hybridized carbons (Fsp3) is 0.364. The van der Waals surface area contributed by atoms with Gasteiger partial charge in [0.2, 0.25) is 5.91 Å². The summed E-state index contributed by atoms with van der Waals surface area (Å²) in [6, 6.07) is 13.1. The highest BCUT2D eigenvalue weighted by Crippen LogP contribution is 2.22. The molecule has 0 bridgehead atoms. The molecule has 5 nitrogen and oxygen atoms in total. The Labute approximate surface area is 171 Å². The molecule has 0 saturated heterocycles. The molecule has 0 atom stereocenters. The number of benzene rings is 2. The average Bonchev–Trinajstić information content (AvgIpc) is 2.64. The average molecular weight is 402 g/mol. The summed E-state index contributed by atoms with van der Waals surface area (Å²) in [6.45, 7) is 8.56. The van der Waals surface area contributed by atoms with Crippen LogP contribution in [0.4, 0.5) is 5.69 Å². The number of aryl methyl sites for hydroxylation is 1. The van der Waals surface area contributed by atoms with Crippen molar-refractivity contribution in [2.45, 2.75) is 46.2 Å². The highest BCUT2D eigenvalue weighted by atomic mass is 35.5. The fourth-order valence-electron chi connectivity index (χ4n) is 2.54. The second kappa shape index (κ2) is 9.60. The first-order valence-corrected chi connectivity index (χ1v) is 9.76. The van der Waals surface area contributed by atoms with E-state index in [1.54, 1.807) is 18.2 Å². The van der Waals surface area contributed by atoms with Crippen LogP contribution in [-0.2, 0) is 11.3 Å². The van der Waals surface area contributed by atoms with Crippen LogP contribution in [0.5, 0.6) is 0 Å². The molecule has 0 saturated carbocycles. The van der Waals surface area contributed by atoms with Crippen molar-refractivity contribution in [3.8, 4) is 0 Å². The Bertz CT molecular complexity index is 849. The molecular weight excluding hydrogens is 374 g/mol. The Balaban J connectivity index is 1.88. The second-order valence-electron chi connectivity index (χ2n) is 7.51. The zero-order chi connectivity index (χ0) is 20.7. The minimum absolute atomic E-state index is 0.121. The van der Waals surface area contributed by atoms with Crippen LogP contribution < -0.4 is 16.0 Å². The lowest BCUT2D eigenvalue weighted by Crippen LogP contribution is -2.42. The number of carbonyl (C=O) groups excluding carboxylic acids is 2. The topological polar surface area (TPSA) is 70.2 Å². The Morgan fingerprint density at radius 1 is 1.11 bits per heavy atom. The van der Waals surface area contributed by atoms with Crippen LogP contribution in [0.25, 0.3) is 0 Å². The van der Waals surface area contributed by atoms with Crippen LogP contribution in [0.15, 0.2) is 42.5 Å². The molecule has 3 N–H and O–H groups in total. The predicted octanol–water partition coefficient (Wildman–Crippen LogP) is 4.30. The summed E-state index contributed by atoms with van der Waals surface area (Å²) in [7, 11) is 0. The van der Waals surface area contributed by atoms with E-state index in [0.29, 0.717) is 22.8 Å². The second-order valence-corrected chi connectivity index (χ2v) is 7.91. The summed E-state index contributed by atoms with van der Waals surface area (Å²) in [6.07, 6.45) is 0.813. The number of rotatable bonds is 8. The van der Waals surface area contributed by atoms with E-state index in [4.69, 9.17) is 11.6 Å². The van der Waals surface area contributed by atoms with Gasteiger partial charge in [-0.1, -0.05) is 48.4 Å². The molecule has 0 fully saturated rings. The smallest absolute Gasteiger partial charge is 0.253 e. The number of hydrogen-bond donors (Lipinski definition) is 3. The Morgan fingerprint density at radius 2 is 1.86 bits per heavy atom. The summed E-state index contributed by atoms with van der Waals surface area (Å²) in [5.41, 5.74) is 3.01. The van der Waals surface area contributed by atoms with Crippen molar-refractivity contribution in [3.63, 3.8) is 0 Å². The van der Waals surface area contributed by atoms with Crippen molar-refractivity contribution in [2.75, 3.05) is 11.9 Å². The maximum atomic E-state index is 12.4. The summed E-state index contributed by atoms with van der Waals surface area (Å²) in [5.74, 6) is -0.330. The Morgan fingerprint density at radius 3 is 2.50 bits per heavy atom. The largest absolute Gasteiger partial charge is 0.376 e. The third-order valence-electron chi connectivity index (χ3n) is 4.57. The summed E-state index contributed by atoms with van der Waals surface area (Å²) in [5, 5.41) is 9.21. The lowest BCUT2D eigenvalue weighted by atomic mass is 10.0. The first-order valence-electron chi connectivity index (χ1n) is 9.38. The van der Waals surface area contributed by atoms with E-state index in [0.717, 1.165) is 17.5 Å². The molecular formula is C22H28ClN3O2. The lowest BCUT2D eigenvalue weighted by Gasteiger charge is -2.24. The molecule has 0 aliphatic heterocycles. The number of hydrogen-bond acceptors (Lipinski definition) is 3. The van der Waals surface area contributed by atoms with Crippen LogP contribution in [0.1, 0.15) is 48.7 Å². The van der Waals surface area contributed by atoms with E-state index in [1.807, 2.05) is 52.0 Å². The van der Waals surface area contributed by atoms with Crippen LogP contribution in [0.2, 0.25) is 5.02 Å². The van der Waals surface area contributed by atoms with Gasteiger partial charge in [0.25, 0.3) is 5.91 Å². The Kier molecular flexibility index (Phi) is 7.46. The van der Waals surface area contributed by atoms with Crippen molar-refractivity contribution < 1.29 is 9.59 Å². The first-order chi connectivity index (χ1) is 13.2. The summed E-state index contributed by atoms with van der Waals surface area (Å²) in [4.78, 5) is 24.4. The van der Waals surface area contributed by atoms with E-state index in [-0.39, 0.29) is 23.9 Å². The molecule has 150 valence electrons. The highest BCUT2D eigenvalue weighted by molar-refractivity contribution is 6.34. The van der Waals surface area contributed by atoms with E-state index >= 15 is 0 Å². The monoisotopic (exact) mass is 401 g/mol. The minimum Gasteiger partial charge on any atom is -0.376 e. The number of amides is 2. The van der Waals surface area contributed by atoms with Gasteiger partial charge in [-0.05, 0) is 51.0 Å². The number of nitrogens with one attached hydrogen (secondary N) is 3. The van der Waals surface area contributed by atoms with Gasteiger partial charge in [-0.25, -0.2) is 0 Å². The molecule has 0 unspecified atom stereocenters. The number of anilines is 1. The molecule has 2 amide bonds. The van der Waals surface area contributed by atoms with E-state index in [2.05, 4.69) is 16.0 Å². The maximum absolute atomic E-state index is 12.4. The van der Waals surface area contributed by atoms with Crippen LogP contribution in [0.3, 0.4) is 0 Å². The van der Waals surface area contributed by atoms with Gasteiger partial charge >= 0.3 is 0 Å². The van der Waals surface area contributed by atoms with E-state index in [9.17, 15) is 9.59 Å². The maximum Gasteiger partial charge on any atom is 0.253 e.